The van der Waals surface area contributed by atoms with Gasteiger partial charge in [-0.2, -0.15) is 9.40 Å². The number of aromatic amines is 1. The summed E-state index contributed by atoms with van der Waals surface area (Å²) in [5, 5.41) is 7.20. The largest absolute Gasteiger partial charge is 0.342 e. The molecule has 0 radical (unpaired) electrons. The number of nitrogens with zero attached hydrogens (tertiary/aromatic N) is 3. The summed E-state index contributed by atoms with van der Waals surface area (Å²) in [4.78, 5) is 14.6. The van der Waals surface area contributed by atoms with E-state index in [9.17, 15) is 17.6 Å². The Balaban J connectivity index is 1.35. The van der Waals surface area contributed by atoms with Crippen molar-refractivity contribution in [2.45, 2.75) is 30.6 Å². The summed E-state index contributed by atoms with van der Waals surface area (Å²) in [6.07, 6.45) is 3.09. The Labute approximate surface area is 193 Å². The number of sulfonamides is 1. The minimum absolute atomic E-state index is 0.158. The molecule has 33 heavy (non-hydrogen) atoms. The lowest BCUT2D eigenvalue weighted by Gasteiger charge is -2.19. The molecular weight excluding hydrogens is 443 g/mol. The van der Waals surface area contributed by atoms with Gasteiger partial charge in [-0.15, -0.1) is 0 Å². The number of amides is 1. The van der Waals surface area contributed by atoms with Crippen LogP contribution in [0.3, 0.4) is 0 Å². The van der Waals surface area contributed by atoms with Crippen molar-refractivity contribution >= 4 is 15.9 Å². The van der Waals surface area contributed by atoms with Crippen molar-refractivity contribution in [2.75, 3.05) is 26.7 Å². The minimum atomic E-state index is -3.57. The summed E-state index contributed by atoms with van der Waals surface area (Å²) in [7, 11) is -1.87. The highest BCUT2D eigenvalue weighted by molar-refractivity contribution is 7.89. The molecule has 174 valence electrons. The second-order valence-electron chi connectivity index (χ2n) is 8.26. The molecule has 1 saturated heterocycles. The third-order valence-electron chi connectivity index (χ3n) is 5.82. The molecular formula is C24H27FN4O3S. The zero-order valence-corrected chi connectivity index (χ0v) is 19.3. The zero-order chi connectivity index (χ0) is 23.4. The number of rotatable bonds is 8. The molecule has 0 bridgehead atoms. The van der Waals surface area contributed by atoms with Crippen LogP contribution < -0.4 is 0 Å². The smallest absolute Gasteiger partial charge is 0.253 e. The lowest BCUT2D eigenvalue weighted by atomic mass is 10.1. The van der Waals surface area contributed by atoms with Crippen LogP contribution in [-0.2, 0) is 16.4 Å². The average Bonchev–Trinajstić information content (AvgIpc) is 3.51. The molecule has 1 amide bonds. The van der Waals surface area contributed by atoms with Crippen LogP contribution in [0.5, 0.6) is 0 Å². The Bertz CT molecular complexity index is 1240. The number of aryl methyl sites for hydroxylation is 1. The first-order valence-corrected chi connectivity index (χ1v) is 12.4. The highest BCUT2D eigenvalue weighted by Gasteiger charge is 2.27. The number of carbonyl (C=O) groups excluding carboxylic acids is 1. The molecule has 2 heterocycles. The summed E-state index contributed by atoms with van der Waals surface area (Å²) in [5.74, 6) is -0.534. The first-order chi connectivity index (χ1) is 15.8. The molecule has 2 aromatic carbocycles. The number of benzene rings is 2. The van der Waals surface area contributed by atoms with E-state index in [1.54, 1.807) is 42.3 Å². The van der Waals surface area contributed by atoms with Gasteiger partial charge in [0.05, 0.1) is 10.6 Å². The van der Waals surface area contributed by atoms with Gasteiger partial charge in [-0.3, -0.25) is 9.89 Å². The standard InChI is InChI=1S/C24H27FN4O3S/c1-28(12-6-10-21-17-23(27-26-21)18-7-4-9-20(25)15-18)24(30)19-8-5-11-22(16-19)33(31,32)29-13-2-3-14-29/h4-5,7-9,11,15-17H,2-3,6,10,12-14H2,1H3,(H,26,27). The quantitative estimate of drug-likeness (QED) is 0.544. The van der Waals surface area contributed by atoms with Crippen molar-refractivity contribution in [3.8, 4) is 11.3 Å². The van der Waals surface area contributed by atoms with E-state index in [4.69, 9.17) is 0 Å². The van der Waals surface area contributed by atoms with E-state index >= 15 is 0 Å². The average molecular weight is 471 g/mol. The van der Waals surface area contributed by atoms with E-state index in [-0.39, 0.29) is 16.6 Å². The van der Waals surface area contributed by atoms with Gasteiger partial charge in [0.25, 0.3) is 5.91 Å². The third kappa shape index (κ3) is 5.31. The predicted octanol–water partition coefficient (Wildman–Crippen LogP) is 3.71. The Morgan fingerprint density at radius 1 is 1.12 bits per heavy atom. The normalized spacial score (nSPS) is 14.5. The van der Waals surface area contributed by atoms with Crippen LogP contribution in [0, 0.1) is 5.82 Å². The fraction of sp³-hybridized carbons (Fsp3) is 0.333. The molecule has 1 aromatic heterocycles. The number of H-pyrrole nitrogens is 1. The Morgan fingerprint density at radius 3 is 2.64 bits per heavy atom. The van der Waals surface area contributed by atoms with E-state index in [0.29, 0.717) is 49.3 Å². The maximum absolute atomic E-state index is 13.4. The number of hydrogen-bond donors (Lipinski definition) is 1. The lowest BCUT2D eigenvalue weighted by molar-refractivity contribution is 0.0793. The fourth-order valence-electron chi connectivity index (χ4n) is 3.98. The molecule has 1 fully saturated rings. The first-order valence-electron chi connectivity index (χ1n) is 11.0. The van der Waals surface area contributed by atoms with Gasteiger partial charge < -0.3 is 4.90 Å². The van der Waals surface area contributed by atoms with E-state index in [0.717, 1.165) is 18.5 Å². The first kappa shape index (κ1) is 23.1. The van der Waals surface area contributed by atoms with Crippen LogP contribution in [0.1, 0.15) is 35.3 Å². The van der Waals surface area contributed by atoms with Gasteiger partial charge in [0.2, 0.25) is 10.0 Å². The van der Waals surface area contributed by atoms with E-state index in [1.165, 1.54) is 22.5 Å². The summed E-state index contributed by atoms with van der Waals surface area (Å²) in [6.45, 7) is 1.54. The topological polar surface area (TPSA) is 86.4 Å². The number of halogens is 1. The maximum atomic E-state index is 13.4. The Kier molecular flexibility index (Phi) is 6.90. The third-order valence-corrected chi connectivity index (χ3v) is 7.72. The van der Waals surface area contributed by atoms with Gasteiger partial charge in [0, 0.05) is 43.5 Å². The molecule has 3 aromatic rings. The molecule has 0 spiro atoms. The highest BCUT2D eigenvalue weighted by Crippen LogP contribution is 2.22. The SMILES string of the molecule is CN(CCCc1cc(-c2cccc(F)c2)n[nH]1)C(=O)c1cccc(S(=O)(=O)N2CCCC2)c1. The van der Waals surface area contributed by atoms with Gasteiger partial charge in [-0.05, 0) is 62.1 Å². The Hall–Kier alpha value is -3.04. The number of hydrogen-bond acceptors (Lipinski definition) is 4. The summed E-state index contributed by atoms with van der Waals surface area (Å²) < 4.78 is 40.5. The second kappa shape index (κ2) is 9.84. The van der Waals surface area contributed by atoms with Crippen LogP contribution >= 0.6 is 0 Å². The molecule has 0 saturated carbocycles. The monoisotopic (exact) mass is 470 g/mol. The highest BCUT2D eigenvalue weighted by atomic mass is 32.2. The van der Waals surface area contributed by atoms with Gasteiger partial charge in [-0.1, -0.05) is 18.2 Å². The number of nitrogens with one attached hydrogen (secondary N) is 1. The van der Waals surface area contributed by atoms with Gasteiger partial charge in [0.15, 0.2) is 0 Å². The van der Waals surface area contributed by atoms with Crippen molar-refractivity contribution in [1.29, 1.82) is 0 Å². The molecule has 1 N–H and O–H groups in total. The van der Waals surface area contributed by atoms with Gasteiger partial charge in [-0.25, -0.2) is 12.8 Å². The summed E-state index contributed by atoms with van der Waals surface area (Å²) in [5.41, 5.74) is 2.63. The molecule has 0 unspecified atom stereocenters. The van der Waals surface area contributed by atoms with Crippen molar-refractivity contribution in [3.05, 3.63) is 71.7 Å². The number of carbonyl (C=O) groups is 1. The van der Waals surface area contributed by atoms with Crippen molar-refractivity contribution < 1.29 is 17.6 Å². The second-order valence-corrected chi connectivity index (χ2v) is 10.2. The van der Waals surface area contributed by atoms with Gasteiger partial charge >= 0.3 is 0 Å². The minimum Gasteiger partial charge on any atom is -0.342 e. The van der Waals surface area contributed by atoms with Crippen molar-refractivity contribution in [2.24, 2.45) is 0 Å². The van der Waals surface area contributed by atoms with Crippen molar-refractivity contribution in [1.82, 2.24) is 19.4 Å². The van der Waals surface area contributed by atoms with Crippen molar-refractivity contribution in [3.63, 3.8) is 0 Å². The van der Waals surface area contributed by atoms with Crippen LogP contribution in [0.2, 0.25) is 0 Å². The Morgan fingerprint density at radius 2 is 1.88 bits per heavy atom. The molecule has 0 aliphatic carbocycles. The van der Waals surface area contributed by atoms with Crippen LogP contribution in [0.4, 0.5) is 4.39 Å². The molecule has 7 nitrogen and oxygen atoms in total. The van der Waals surface area contributed by atoms with Crippen LogP contribution in [0.15, 0.2) is 59.5 Å². The van der Waals surface area contributed by atoms with E-state index in [2.05, 4.69) is 10.2 Å². The fourth-order valence-corrected chi connectivity index (χ4v) is 5.54. The predicted molar refractivity (Wildman–Crippen MR) is 124 cm³/mol. The van der Waals surface area contributed by atoms with E-state index < -0.39 is 10.0 Å². The molecule has 1 aliphatic heterocycles. The molecule has 9 heteroatoms. The van der Waals surface area contributed by atoms with E-state index in [1.807, 2.05) is 6.07 Å². The zero-order valence-electron chi connectivity index (χ0n) is 18.5. The molecule has 1 aliphatic rings. The summed E-state index contributed by atoms with van der Waals surface area (Å²) in [6, 6.07) is 14.4. The number of aromatic nitrogens is 2. The summed E-state index contributed by atoms with van der Waals surface area (Å²) >= 11 is 0. The maximum Gasteiger partial charge on any atom is 0.253 e. The molecule has 0 atom stereocenters. The lowest BCUT2D eigenvalue weighted by Crippen LogP contribution is -2.30. The van der Waals surface area contributed by atoms with Gasteiger partial charge in [0.1, 0.15) is 5.82 Å². The molecule has 4 rings (SSSR count). The van der Waals surface area contributed by atoms with Crippen LogP contribution in [-0.4, -0.2) is 60.4 Å². The van der Waals surface area contributed by atoms with Crippen LogP contribution in [0.25, 0.3) is 11.3 Å².